The van der Waals surface area contributed by atoms with Gasteiger partial charge in [-0.2, -0.15) is 0 Å². The van der Waals surface area contributed by atoms with Gasteiger partial charge in [-0.05, 0) is 6.42 Å². The number of hydrogen-bond acceptors (Lipinski definition) is 1. The molecule has 0 aliphatic rings. The first-order valence-corrected chi connectivity index (χ1v) is 3.60. The molecule has 66 valence electrons. The first-order valence-electron chi connectivity index (χ1n) is 3.60. The van der Waals surface area contributed by atoms with Gasteiger partial charge in [0.2, 0.25) is 6.41 Å². The molecule has 0 rings (SSSR count). The summed E-state index contributed by atoms with van der Waals surface area (Å²) >= 11 is 0. The Labute approximate surface area is 65.0 Å². The summed E-state index contributed by atoms with van der Waals surface area (Å²) in [6.07, 6.45) is 1.26. The quantitative estimate of drug-likeness (QED) is 0.615. The molecule has 0 aromatic heterocycles. The summed E-state index contributed by atoms with van der Waals surface area (Å²) in [7, 11) is 0. The van der Waals surface area contributed by atoms with Crippen LogP contribution in [0.5, 0.6) is 0 Å². The van der Waals surface area contributed by atoms with E-state index in [4.69, 9.17) is 0 Å². The number of carbonyl (C=O) groups excluding carboxylic acids is 1. The van der Waals surface area contributed by atoms with Gasteiger partial charge in [0.25, 0.3) is 5.92 Å². The molecule has 11 heavy (non-hydrogen) atoms. The van der Waals surface area contributed by atoms with E-state index in [1.165, 1.54) is 0 Å². The SMILES string of the molecule is CCCC(NC=O)C(C)(F)F. The van der Waals surface area contributed by atoms with Crippen LogP contribution in [-0.2, 0) is 4.79 Å². The van der Waals surface area contributed by atoms with E-state index >= 15 is 0 Å². The maximum absolute atomic E-state index is 12.5. The number of hydrogen-bond donors (Lipinski definition) is 1. The van der Waals surface area contributed by atoms with Crippen molar-refractivity contribution in [2.75, 3.05) is 0 Å². The van der Waals surface area contributed by atoms with E-state index in [1.807, 2.05) is 0 Å². The van der Waals surface area contributed by atoms with Crippen LogP contribution in [0.15, 0.2) is 0 Å². The molecule has 1 atom stereocenters. The molecule has 4 heteroatoms. The maximum Gasteiger partial charge on any atom is 0.265 e. The Morgan fingerprint density at radius 1 is 1.64 bits per heavy atom. The molecule has 1 amide bonds. The molecule has 0 heterocycles. The summed E-state index contributed by atoms with van der Waals surface area (Å²) in [5, 5.41) is 2.09. The lowest BCUT2D eigenvalue weighted by atomic mass is 10.1. The molecule has 0 aromatic carbocycles. The Balaban J connectivity index is 3.97. The summed E-state index contributed by atoms with van der Waals surface area (Å²) in [4.78, 5) is 9.89. The maximum atomic E-state index is 12.5. The Bertz CT molecular complexity index is 122. The highest BCUT2D eigenvalue weighted by Crippen LogP contribution is 2.20. The Morgan fingerprint density at radius 2 is 2.18 bits per heavy atom. The van der Waals surface area contributed by atoms with Crippen LogP contribution in [0.2, 0.25) is 0 Å². The fourth-order valence-electron chi connectivity index (χ4n) is 0.854. The predicted octanol–water partition coefficient (Wildman–Crippen LogP) is 1.56. The normalized spacial score (nSPS) is 14.2. The number of carbonyl (C=O) groups is 1. The third-order valence-electron chi connectivity index (χ3n) is 1.46. The van der Waals surface area contributed by atoms with Crippen LogP contribution in [0.1, 0.15) is 26.7 Å². The van der Waals surface area contributed by atoms with E-state index in [-0.39, 0.29) is 0 Å². The van der Waals surface area contributed by atoms with Crippen molar-refractivity contribution in [3.05, 3.63) is 0 Å². The van der Waals surface area contributed by atoms with Gasteiger partial charge in [-0.25, -0.2) is 8.78 Å². The summed E-state index contributed by atoms with van der Waals surface area (Å²) in [6, 6.07) is -1.02. The van der Waals surface area contributed by atoms with Crippen LogP contribution in [0, 0.1) is 0 Å². The van der Waals surface area contributed by atoms with Gasteiger partial charge in [-0.3, -0.25) is 4.79 Å². The molecule has 0 radical (unpaired) electrons. The molecule has 0 aliphatic heterocycles. The number of amides is 1. The molecule has 2 nitrogen and oxygen atoms in total. The molecule has 1 N–H and O–H groups in total. The average molecular weight is 165 g/mol. The van der Waals surface area contributed by atoms with Gasteiger partial charge in [-0.15, -0.1) is 0 Å². The Morgan fingerprint density at radius 3 is 2.45 bits per heavy atom. The molecule has 0 fully saturated rings. The van der Waals surface area contributed by atoms with Crippen molar-refractivity contribution in [3.8, 4) is 0 Å². The van der Waals surface area contributed by atoms with E-state index in [0.29, 0.717) is 19.3 Å². The van der Waals surface area contributed by atoms with Crippen molar-refractivity contribution in [1.29, 1.82) is 0 Å². The number of halogens is 2. The predicted molar refractivity (Wildman–Crippen MR) is 38.5 cm³/mol. The van der Waals surface area contributed by atoms with Gasteiger partial charge in [0.05, 0.1) is 6.04 Å². The molecule has 0 saturated heterocycles. The Hall–Kier alpha value is -0.670. The minimum atomic E-state index is -2.82. The van der Waals surface area contributed by atoms with Crippen molar-refractivity contribution in [3.63, 3.8) is 0 Å². The molecular weight excluding hydrogens is 152 g/mol. The summed E-state index contributed by atoms with van der Waals surface area (Å²) in [6.45, 7) is 2.61. The van der Waals surface area contributed by atoms with Crippen molar-refractivity contribution in [2.45, 2.75) is 38.7 Å². The summed E-state index contributed by atoms with van der Waals surface area (Å²) in [5.41, 5.74) is 0. The zero-order chi connectivity index (χ0) is 8.91. The molecule has 0 aromatic rings. The molecular formula is C7H13F2NO. The highest BCUT2D eigenvalue weighted by Gasteiger charge is 2.32. The van der Waals surface area contributed by atoms with E-state index in [0.717, 1.165) is 6.92 Å². The van der Waals surface area contributed by atoms with Gasteiger partial charge >= 0.3 is 0 Å². The highest BCUT2D eigenvalue weighted by atomic mass is 19.3. The number of alkyl halides is 2. The van der Waals surface area contributed by atoms with Gasteiger partial charge in [0.1, 0.15) is 0 Å². The lowest BCUT2D eigenvalue weighted by Gasteiger charge is -2.21. The molecule has 0 bridgehead atoms. The second kappa shape index (κ2) is 4.26. The largest absolute Gasteiger partial charge is 0.350 e. The van der Waals surface area contributed by atoms with Crippen LogP contribution in [0.4, 0.5) is 8.78 Å². The van der Waals surface area contributed by atoms with Crippen molar-refractivity contribution in [2.24, 2.45) is 0 Å². The summed E-state index contributed by atoms with van der Waals surface area (Å²) < 4.78 is 25.1. The highest BCUT2D eigenvalue weighted by molar-refractivity contribution is 5.46. The van der Waals surface area contributed by atoms with E-state index in [1.54, 1.807) is 6.92 Å². The monoisotopic (exact) mass is 165 g/mol. The number of rotatable bonds is 5. The van der Waals surface area contributed by atoms with Crippen LogP contribution in [0.3, 0.4) is 0 Å². The minimum Gasteiger partial charge on any atom is -0.350 e. The minimum absolute atomic E-state index is 0.308. The third-order valence-corrected chi connectivity index (χ3v) is 1.46. The van der Waals surface area contributed by atoms with Gasteiger partial charge in [-0.1, -0.05) is 13.3 Å². The molecule has 0 saturated carbocycles. The van der Waals surface area contributed by atoms with Crippen LogP contribution in [-0.4, -0.2) is 18.4 Å². The lowest BCUT2D eigenvalue weighted by Crippen LogP contribution is -2.42. The zero-order valence-corrected chi connectivity index (χ0v) is 6.73. The lowest BCUT2D eigenvalue weighted by molar-refractivity contribution is -0.113. The second-order valence-electron chi connectivity index (χ2n) is 2.58. The van der Waals surface area contributed by atoms with Gasteiger partial charge in [0, 0.05) is 6.92 Å². The van der Waals surface area contributed by atoms with Crippen molar-refractivity contribution >= 4 is 6.41 Å². The van der Waals surface area contributed by atoms with Crippen molar-refractivity contribution < 1.29 is 13.6 Å². The Kier molecular flexibility index (Phi) is 4.00. The standard InChI is InChI=1S/C7H13F2NO/c1-3-4-6(10-5-11)7(2,8)9/h5-6H,3-4H2,1-2H3,(H,10,11). The van der Waals surface area contributed by atoms with Crippen molar-refractivity contribution in [1.82, 2.24) is 5.32 Å². The molecule has 0 spiro atoms. The first-order chi connectivity index (χ1) is 5.02. The first kappa shape index (κ1) is 10.3. The molecule has 1 unspecified atom stereocenters. The fourth-order valence-corrected chi connectivity index (χ4v) is 0.854. The third kappa shape index (κ3) is 3.91. The van der Waals surface area contributed by atoms with Gasteiger partial charge in [0.15, 0.2) is 0 Å². The van der Waals surface area contributed by atoms with Gasteiger partial charge < -0.3 is 5.32 Å². The van der Waals surface area contributed by atoms with Crippen LogP contribution < -0.4 is 5.32 Å². The van der Waals surface area contributed by atoms with Crippen LogP contribution >= 0.6 is 0 Å². The fraction of sp³-hybridized carbons (Fsp3) is 0.857. The van der Waals surface area contributed by atoms with E-state index in [9.17, 15) is 13.6 Å². The molecule has 0 aliphatic carbocycles. The van der Waals surface area contributed by atoms with E-state index < -0.39 is 12.0 Å². The topological polar surface area (TPSA) is 29.1 Å². The average Bonchev–Trinajstić information content (AvgIpc) is 1.85. The number of nitrogens with one attached hydrogen (secondary N) is 1. The zero-order valence-electron chi connectivity index (χ0n) is 6.73. The van der Waals surface area contributed by atoms with Crippen LogP contribution in [0.25, 0.3) is 0 Å². The second-order valence-corrected chi connectivity index (χ2v) is 2.58. The van der Waals surface area contributed by atoms with E-state index in [2.05, 4.69) is 5.32 Å². The summed E-state index contributed by atoms with van der Waals surface area (Å²) in [5.74, 6) is -2.82. The smallest absolute Gasteiger partial charge is 0.265 e.